The van der Waals surface area contributed by atoms with Gasteiger partial charge in [0.1, 0.15) is 5.60 Å². The predicted octanol–water partition coefficient (Wildman–Crippen LogP) is 6.64. The number of ether oxygens (including phenoxy) is 1. The second kappa shape index (κ2) is 11.7. The fraction of sp³-hybridized carbons (Fsp3) is 0.393. The summed E-state index contributed by atoms with van der Waals surface area (Å²) in [5.74, 6) is -2.07. The van der Waals surface area contributed by atoms with Crippen LogP contribution >= 0.6 is 0 Å². The van der Waals surface area contributed by atoms with Crippen molar-refractivity contribution in [1.82, 2.24) is 4.90 Å². The van der Waals surface area contributed by atoms with Crippen LogP contribution in [-0.2, 0) is 26.7 Å². The lowest BCUT2D eigenvalue weighted by atomic mass is 10.0. The van der Waals surface area contributed by atoms with Gasteiger partial charge in [0.2, 0.25) is 5.91 Å². The zero-order valence-corrected chi connectivity index (χ0v) is 22.2. The van der Waals surface area contributed by atoms with E-state index < -0.39 is 65.2 Å². The lowest BCUT2D eigenvalue weighted by molar-refractivity contribution is -0.143. The Bertz CT molecular complexity index is 1370. The van der Waals surface area contributed by atoms with Gasteiger partial charge in [-0.1, -0.05) is 11.5 Å². The average molecular weight is 585 g/mol. The number of rotatable bonds is 7. The van der Waals surface area contributed by atoms with Crippen LogP contribution in [0.3, 0.4) is 0 Å². The van der Waals surface area contributed by atoms with Crippen LogP contribution in [0.5, 0.6) is 0 Å². The molecule has 0 bridgehead atoms. The van der Waals surface area contributed by atoms with Crippen LogP contribution in [0.2, 0.25) is 0 Å². The normalized spacial score (nSPS) is 17.0. The van der Waals surface area contributed by atoms with Crippen molar-refractivity contribution in [3.05, 3.63) is 75.7 Å². The van der Waals surface area contributed by atoms with Gasteiger partial charge in [-0.25, -0.2) is 9.59 Å². The molecule has 0 heterocycles. The number of amides is 2. The Morgan fingerprint density at radius 2 is 1.66 bits per heavy atom. The lowest BCUT2D eigenvalue weighted by Gasteiger charge is -2.32. The van der Waals surface area contributed by atoms with Gasteiger partial charge in [0, 0.05) is 35.9 Å². The molecule has 220 valence electrons. The van der Waals surface area contributed by atoms with Crippen molar-refractivity contribution >= 4 is 23.7 Å². The molecule has 1 unspecified atom stereocenters. The van der Waals surface area contributed by atoms with Gasteiger partial charge in [0.15, 0.2) is 0 Å². The first-order chi connectivity index (χ1) is 18.8. The Kier molecular flexibility index (Phi) is 8.95. The van der Waals surface area contributed by atoms with E-state index in [0.717, 1.165) is 11.6 Å². The van der Waals surface area contributed by atoms with Gasteiger partial charge in [-0.05, 0) is 69.5 Å². The monoisotopic (exact) mass is 584 g/mol. The van der Waals surface area contributed by atoms with E-state index in [4.69, 9.17) is 9.84 Å². The Morgan fingerprint density at radius 1 is 1.05 bits per heavy atom. The summed E-state index contributed by atoms with van der Waals surface area (Å²) in [5, 5.41) is 10.9. The third-order valence-electron chi connectivity index (χ3n) is 5.90. The molecule has 2 aliphatic carbocycles. The molecule has 0 spiro atoms. The quantitative estimate of drug-likeness (QED) is 0.213. The fourth-order valence-electron chi connectivity index (χ4n) is 4.19. The van der Waals surface area contributed by atoms with Crippen LogP contribution in [0.15, 0.2) is 64.6 Å². The van der Waals surface area contributed by atoms with Crippen molar-refractivity contribution in [1.29, 1.82) is 0 Å². The third-order valence-corrected chi connectivity index (χ3v) is 5.90. The molecule has 1 saturated carbocycles. The molecular weight excluding hydrogens is 558 g/mol. The van der Waals surface area contributed by atoms with Crippen LogP contribution in [0.4, 0.5) is 36.8 Å². The van der Waals surface area contributed by atoms with E-state index in [2.05, 4.69) is 16.8 Å². The van der Waals surface area contributed by atoms with E-state index in [-0.39, 0.29) is 12.6 Å². The van der Waals surface area contributed by atoms with Crippen LogP contribution in [0.1, 0.15) is 51.2 Å². The molecule has 1 fully saturated rings. The topological polar surface area (TPSA) is 95.9 Å². The largest absolute Gasteiger partial charge is 0.478 e. The van der Waals surface area contributed by atoms with E-state index in [1.165, 1.54) is 11.0 Å². The number of halogens is 6. The van der Waals surface area contributed by atoms with Crippen LogP contribution in [-0.4, -0.2) is 46.2 Å². The molecule has 13 heteroatoms. The van der Waals surface area contributed by atoms with Crippen LogP contribution in [0.25, 0.3) is 0 Å². The first kappa shape index (κ1) is 31.3. The Morgan fingerprint density at radius 3 is 2.20 bits per heavy atom. The first-order valence-corrected chi connectivity index (χ1v) is 12.3. The number of benzene rings is 1. The lowest BCUT2D eigenvalue weighted by Crippen LogP contribution is -2.44. The highest BCUT2D eigenvalue weighted by Crippen LogP contribution is 2.38. The van der Waals surface area contributed by atoms with Gasteiger partial charge in [0.05, 0.1) is 17.2 Å². The summed E-state index contributed by atoms with van der Waals surface area (Å²) in [6, 6.07) is 0.126. The van der Waals surface area contributed by atoms with E-state index in [1.807, 2.05) is 0 Å². The molecule has 1 aromatic rings. The molecular formula is C28H26F6N2O5. The molecule has 0 aliphatic heterocycles. The summed E-state index contributed by atoms with van der Waals surface area (Å²) in [7, 11) is 0. The van der Waals surface area contributed by atoms with E-state index >= 15 is 0 Å². The van der Waals surface area contributed by atoms with Crippen LogP contribution in [0, 0.1) is 0 Å². The Hall–Kier alpha value is -4.21. The molecule has 0 aromatic heterocycles. The van der Waals surface area contributed by atoms with E-state index in [1.54, 1.807) is 26.8 Å². The summed E-state index contributed by atoms with van der Waals surface area (Å²) >= 11 is 0. The number of nitrogens with zero attached hydrogens (tertiary/aromatic N) is 1. The number of nitrogens with one attached hydrogen (secondary N) is 1. The highest BCUT2D eigenvalue weighted by Gasteiger charge is 2.38. The molecule has 3 rings (SSSR count). The van der Waals surface area contributed by atoms with E-state index in [0.29, 0.717) is 36.1 Å². The molecule has 41 heavy (non-hydrogen) atoms. The molecule has 0 radical (unpaired) electrons. The number of aliphatic carboxylic acids is 1. The second-order valence-electron chi connectivity index (χ2n) is 10.3. The van der Waals surface area contributed by atoms with Crippen molar-refractivity contribution in [2.45, 2.75) is 64.0 Å². The fourth-order valence-corrected chi connectivity index (χ4v) is 4.19. The molecule has 2 amide bonds. The van der Waals surface area contributed by atoms with Crippen LogP contribution < -0.4 is 5.32 Å². The zero-order chi connectivity index (χ0) is 30.8. The Balaban J connectivity index is 1.85. The van der Waals surface area contributed by atoms with Crippen molar-refractivity contribution in [3.8, 4) is 0 Å². The number of hydrogen-bond donors (Lipinski definition) is 2. The second-order valence-corrected chi connectivity index (χ2v) is 10.3. The Labute approximate surface area is 231 Å². The van der Waals surface area contributed by atoms with Gasteiger partial charge in [-0.15, -0.1) is 0 Å². The molecule has 1 aromatic carbocycles. The van der Waals surface area contributed by atoms with Crippen molar-refractivity contribution < 1.29 is 50.6 Å². The summed E-state index contributed by atoms with van der Waals surface area (Å²) in [4.78, 5) is 37.8. The number of carbonyl (C=O) groups excluding carboxylic acids is 2. The molecule has 2 aliphatic rings. The molecule has 0 saturated heterocycles. The maximum Gasteiger partial charge on any atom is 0.416 e. The van der Waals surface area contributed by atoms with Gasteiger partial charge < -0.3 is 15.2 Å². The number of carbonyl (C=O) groups is 3. The van der Waals surface area contributed by atoms with Crippen molar-refractivity contribution in [2.24, 2.45) is 0 Å². The number of carboxylic acid groups (broad SMARTS) is 1. The number of hydrogen-bond acceptors (Lipinski definition) is 4. The van der Waals surface area contributed by atoms with Gasteiger partial charge >= 0.3 is 24.4 Å². The SMILES string of the molecule is CC(C)(C)OC(=O)N(CCC(=O)Nc1cc(C(F)(F)F)cc(C(F)(F)F)c1)C1CCC2=CC(/C=C/C(=O)O)=C=C=C21. The smallest absolute Gasteiger partial charge is 0.416 e. The number of alkyl halides is 6. The third kappa shape index (κ3) is 8.64. The van der Waals surface area contributed by atoms with Gasteiger partial charge in [-0.3, -0.25) is 9.69 Å². The summed E-state index contributed by atoms with van der Waals surface area (Å²) in [5.41, 5.74) is 2.76. The van der Waals surface area contributed by atoms with Crippen molar-refractivity contribution in [3.63, 3.8) is 0 Å². The van der Waals surface area contributed by atoms with E-state index in [9.17, 15) is 40.7 Å². The number of fused-ring (bicyclic) bond motifs is 1. The summed E-state index contributed by atoms with van der Waals surface area (Å²) in [6.07, 6.45) is -6.58. The maximum atomic E-state index is 13.2. The summed E-state index contributed by atoms with van der Waals surface area (Å²) in [6.45, 7) is 4.62. The number of allylic oxidation sites excluding steroid dienone is 3. The van der Waals surface area contributed by atoms with Gasteiger partial charge in [-0.2, -0.15) is 26.3 Å². The minimum absolute atomic E-state index is 0.0478. The molecule has 1 atom stereocenters. The minimum Gasteiger partial charge on any atom is -0.478 e. The van der Waals surface area contributed by atoms with Gasteiger partial charge in [0.25, 0.3) is 0 Å². The first-order valence-electron chi connectivity index (χ1n) is 12.3. The zero-order valence-electron chi connectivity index (χ0n) is 22.2. The van der Waals surface area contributed by atoms with Crippen molar-refractivity contribution in [2.75, 3.05) is 11.9 Å². The molecule has 7 nitrogen and oxygen atoms in total. The summed E-state index contributed by atoms with van der Waals surface area (Å²) < 4.78 is 84.5. The maximum absolute atomic E-state index is 13.2. The number of anilines is 1. The minimum atomic E-state index is -5.08. The highest BCUT2D eigenvalue weighted by molar-refractivity contribution is 5.91. The molecule has 2 N–H and O–H groups in total. The number of carboxylic acids is 1. The standard InChI is InChI=1S/C28H26F6N2O5/c1-26(2,3)41-25(40)36(22-8-6-17-12-16(4-7-21(17)22)5-9-24(38)39)11-10-23(37)35-20-14-18(27(29,30)31)13-19(15-20)28(32,33)34/h5,9,12-15,22H,6,8,10-11H2,1-3H3,(H,35,37)(H,38,39)/b9-5+. The average Bonchev–Trinajstić information content (AvgIpc) is 3.23. The highest BCUT2D eigenvalue weighted by atomic mass is 19.4. The predicted molar refractivity (Wildman–Crippen MR) is 135 cm³/mol.